The standard InChI is InChI=1S/C21H30N4O4S/c1-12(2)11-25-19-16(13(3)24-25)10-17(30-19)20(27)29-14(4)18(26)23-21(28)22-15-8-6-5-7-9-15/h10,12,14-15H,5-9,11H2,1-4H3,(H2,22,23,26,28)/t14-/m0/s1. The van der Waals surface area contributed by atoms with Crippen molar-refractivity contribution >= 4 is 39.5 Å². The molecule has 2 N–H and O–H groups in total. The Bertz CT molecular complexity index is 927. The highest BCUT2D eigenvalue weighted by molar-refractivity contribution is 7.20. The zero-order valence-electron chi connectivity index (χ0n) is 18.0. The number of carbonyl (C=O) groups is 3. The summed E-state index contributed by atoms with van der Waals surface area (Å²) in [4.78, 5) is 38.2. The van der Waals surface area contributed by atoms with Gasteiger partial charge in [-0.3, -0.25) is 14.8 Å². The van der Waals surface area contributed by atoms with Crippen LogP contribution in [0, 0.1) is 12.8 Å². The second-order valence-corrected chi connectivity index (χ2v) is 9.37. The van der Waals surface area contributed by atoms with Crippen LogP contribution in [0.4, 0.5) is 4.79 Å². The fourth-order valence-electron chi connectivity index (χ4n) is 3.64. The molecule has 3 amide bonds. The van der Waals surface area contributed by atoms with Gasteiger partial charge in [-0.25, -0.2) is 9.59 Å². The molecular weight excluding hydrogens is 404 g/mol. The van der Waals surface area contributed by atoms with Gasteiger partial charge in [0, 0.05) is 18.0 Å². The van der Waals surface area contributed by atoms with E-state index in [2.05, 4.69) is 29.6 Å². The van der Waals surface area contributed by atoms with Gasteiger partial charge in [0.15, 0.2) is 6.10 Å². The van der Waals surface area contributed by atoms with Crippen LogP contribution in [0.25, 0.3) is 10.2 Å². The Hall–Kier alpha value is -2.42. The van der Waals surface area contributed by atoms with Gasteiger partial charge in [-0.2, -0.15) is 5.10 Å². The van der Waals surface area contributed by atoms with Crippen LogP contribution in [-0.2, 0) is 16.1 Å². The first-order valence-corrected chi connectivity index (χ1v) is 11.4. The zero-order chi connectivity index (χ0) is 21.8. The molecule has 1 saturated carbocycles. The van der Waals surface area contributed by atoms with Gasteiger partial charge in [0.1, 0.15) is 9.71 Å². The van der Waals surface area contributed by atoms with Crippen molar-refractivity contribution < 1.29 is 19.1 Å². The minimum absolute atomic E-state index is 0.0941. The third-order valence-electron chi connectivity index (χ3n) is 5.18. The van der Waals surface area contributed by atoms with Gasteiger partial charge in [0.05, 0.1) is 5.69 Å². The summed E-state index contributed by atoms with van der Waals surface area (Å²) in [6, 6.07) is 1.31. The lowest BCUT2D eigenvalue weighted by Gasteiger charge is -2.23. The van der Waals surface area contributed by atoms with Crippen molar-refractivity contribution in [1.29, 1.82) is 0 Å². The van der Waals surface area contributed by atoms with Gasteiger partial charge in [-0.15, -0.1) is 11.3 Å². The van der Waals surface area contributed by atoms with Crippen LogP contribution >= 0.6 is 11.3 Å². The van der Waals surface area contributed by atoms with Crippen molar-refractivity contribution in [2.75, 3.05) is 0 Å². The number of imide groups is 1. The Morgan fingerprint density at radius 3 is 2.60 bits per heavy atom. The lowest BCUT2D eigenvalue weighted by molar-refractivity contribution is -0.127. The monoisotopic (exact) mass is 434 g/mol. The minimum atomic E-state index is -1.08. The maximum absolute atomic E-state index is 12.6. The average Bonchev–Trinajstić information content (AvgIpc) is 3.23. The highest BCUT2D eigenvalue weighted by Gasteiger charge is 2.24. The lowest BCUT2D eigenvalue weighted by atomic mass is 9.96. The van der Waals surface area contributed by atoms with Gasteiger partial charge in [-0.05, 0) is 38.7 Å². The zero-order valence-corrected chi connectivity index (χ0v) is 18.8. The number of hydrogen-bond donors (Lipinski definition) is 2. The summed E-state index contributed by atoms with van der Waals surface area (Å²) in [5, 5.41) is 10.5. The quantitative estimate of drug-likeness (QED) is 0.674. The molecule has 9 heteroatoms. The van der Waals surface area contributed by atoms with Crippen molar-refractivity contribution in [3.63, 3.8) is 0 Å². The number of hydrogen-bond acceptors (Lipinski definition) is 6. The van der Waals surface area contributed by atoms with E-state index in [-0.39, 0.29) is 6.04 Å². The molecule has 2 aromatic rings. The van der Waals surface area contributed by atoms with E-state index in [0.717, 1.165) is 48.1 Å². The molecule has 1 aliphatic carbocycles. The first-order chi connectivity index (χ1) is 14.2. The first-order valence-electron chi connectivity index (χ1n) is 10.5. The molecule has 0 radical (unpaired) electrons. The topological polar surface area (TPSA) is 102 Å². The van der Waals surface area contributed by atoms with E-state index in [4.69, 9.17) is 4.74 Å². The Morgan fingerprint density at radius 2 is 1.93 bits per heavy atom. The summed E-state index contributed by atoms with van der Waals surface area (Å²) < 4.78 is 7.20. The largest absolute Gasteiger partial charge is 0.448 e. The van der Waals surface area contributed by atoms with E-state index < -0.39 is 24.0 Å². The van der Waals surface area contributed by atoms with Crippen molar-refractivity contribution in [1.82, 2.24) is 20.4 Å². The van der Waals surface area contributed by atoms with E-state index in [1.165, 1.54) is 24.7 Å². The normalized spacial score (nSPS) is 15.9. The third kappa shape index (κ3) is 5.38. The molecule has 0 spiro atoms. The van der Waals surface area contributed by atoms with Gasteiger partial charge in [0.2, 0.25) is 0 Å². The van der Waals surface area contributed by atoms with Crippen molar-refractivity contribution in [3.8, 4) is 0 Å². The van der Waals surface area contributed by atoms with Crippen LogP contribution in [0.1, 0.15) is 68.2 Å². The minimum Gasteiger partial charge on any atom is -0.448 e. The molecular formula is C21H30N4O4S. The van der Waals surface area contributed by atoms with Gasteiger partial charge >= 0.3 is 12.0 Å². The maximum atomic E-state index is 12.6. The SMILES string of the molecule is Cc1nn(CC(C)C)c2sc(C(=O)O[C@@H](C)C(=O)NC(=O)NC3CCCCC3)cc12. The molecule has 0 aliphatic heterocycles. The van der Waals surface area contributed by atoms with E-state index in [0.29, 0.717) is 10.8 Å². The number of carbonyl (C=O) groups excluding carboxylic acids is 3. The average molecular weight is 435 g/mol. The molecule has 0 saturated heterocycles. The van der Waals surface area contributed by atoms with E-state index in [1.54, 1.807) is 6.07 Å². The number of nitrogens with one attached hydrogen (secondary N) is 2. The molecule has 1 aliphatic rings. The van der Waals surface area contributed by atoms with Crippen LogP contribution in [0.15, 0.2) is 6.07 Å². The van der Waals surface area contributed by atoms with Crippen LogP contribution < -0.4 is 10.6 Å². The molecule has 164 valence electrons. The van der Waals surface area contributed by atoms with Gasteiger partial charge < -0.3 is 10.1 Å². The second-order valence-electron chi connectivity index (χ2n) is 8.34. The molecule has 1 atom stereocenters. The van der Waals surface area contributed by atoms with Crippen LogP contribution in [0.3, 0.4) is 0 Å². The summed E-state index contributed by atoms with van der Waals surface area (Å²) in [5.41, 5.74) is 0.853. The smallest absolute Gasteiger partial charge is 0.349 e. The number of ether oxygens (including phenoxy) is 1. The predicted octanol–water partition coefficient (Wildman–Crippen LogP) is 3.77. The first kappa shape index (κ1) is 22.3. The van der Waals surface area contributed by atoms with Crippen LogP contribution in [0.5, 0.6) is 0 Å². The molecule has 0 aromatic carbocycles. The maximum Gasteiger partial charge on any atom is 0.349 e. The Morgan fingerprint density at radius 1 is 1.23 bits per heavy atom. The summed E-state index contributed by atoms with van der Waals surface area (Å²) in [6.07, 6.45) is 4.11. The van der Waals surface area contributed by atoms with Crippen LogP contribution in [-0.4, -0.2) is 39.8 Å². The number of amides is 3. The predicted molar refractivity (Wildman–Crippen MR) is 116 cm³/mol. The number of nitrogens with zero attached hydrogens (tertiary/aromatic N) is 2. The Kier molecular flexibility index (Phi) is 7.12. The summed E-state index contributed by atoms with van der Waals surface area (Å²) in [6.45, 7) is 8.34. The fourth-order valence-corrected chi connectivity index (χ4v) is 4.69. The summed E-state index contributed by atoms with van der Waals surface area (Å²) in [5.74, 6) is -0.796. The molecule has 2 aromatic heterocycles. The summed E-state index contributed by atoms with van der Waals surface area (Å²) in [7, 11) is 0. The summed E-state index contributed by atoms with van der Waals surface area (Å²) >= 11 is 1.30. The number of fused-ring (bicyclic) bond motifs is 1. The molecule has 2 heterocycles. The Balaban J connectivity index is 1.58. The number of urea groups is 1. The number of aryl methyl sites for hydroxylation is 1. The lowest BCUT2D eigenvalue weighted by Crippen LogP contribution is -2.48. The second kappa shape index (κ2) is 9.59. The molecule has 1 fully saturated rings. The van der Waals surface area contributed by atoms with Crippen molar-refractivity contribution in [2.24, 2.45) is 5.92 Å². The number of esters is 1. The highest BCUT2D eigenvalue weighted by atomic mass is 32.1. The van der Waals surface area contributed by atoms with E-state index in [1.807, 2.05) is 11.6 Å². The molecule has 8 nitrogen and oxygen atoms in total. The molecule has 3 rings (SSSR count). The fraction of sp³-hybridized carbons (Fsp3) is 0.619. The molecule has 0 bridgehead atoms. The van der Waals surface area contributed by atoms with Crippen LogP contribution in [0.2, 0.25) is 0 Å². The van der Waals surface area contributed by atoms with E-state index >= 15 is 0 Å². The number of aromatic nitrogens is 2. The highest BCUT2D eigenvalue weighted by Crippen LogP contribution is 2.29. The third-order valence-corrected chi connectivity index (χ3v) is 6.31. The molecule has 30 heavy (non-hydrogen) atoms. The van der Waals surface area contributed by atoms with Crippen molar-refractivity contribution in [3.05, 3.63) is 16.6 Å². The number of rotatable bonds is 6. The van der Waals surface area contributed by atoms with Gasteiger partial charge in [0.25, 0.3) is 5.91 Å². The molecule has 0 unspecified atom stereocenters. The number of thiophene rings is 1. The van der Waals surface area contributed by atoms with Gasteiger partial charge in [-0.1, -0.05) is 33.1 Å². The Labute approximate surface area is 180 Å². The van der Waals surface area contributed by atoms with E-state index in [9.17, 15) is 14.4 Å². The van der Waals surface area contributed by atoms with Crippen molar-refractivity contribution in [2.45, 2.75) is 78.5 Å².